The van der Waals surface area contributed by atoms with E-state index in [0.717, 1.165) is 16.9 Å². The van der Waals surface area contributed by atoms with Crippen molar-refractivity contribution in [1.82, 2.24) is 14.9 Å². The highest BCUT2D eigenvalue weighted by Gasteiger charge is 2.15. The minimum Gasteiger partial charge on any atom is -0.496 e. The SMILES string of the molecule is COc1ccccc1CN(C)Cc1nc2scc(-c3ccco3)c2c(=O)[nH]1. The predicted molar refractivity (Wildman–Crippen MR) is 106 cm³/mol. The second-order valence-corrected chi connectivity index (χ2v) is 7.16. The first-order valence-electron chi connectivity index (χ1n) is 8.50. The Hall–Kier alpha value is -2.90. The van der Waals surface area contributed by atoms with Crippen molar-refractivity contribution < 1.29 is 9.15 Å². The lowest BCUT2D eigenvalue weighted by Crippen LogP contribution is -2.22. The van der Waals surface area contributed by atoms with Gasteiger partial charge in [-0.15, -0.1) is 11.3 Å². The monoisotopic (exact) mass is 381 g/mol. The largest absolute Gasteiger partial charge is 0.496 e. The zero-order valence-electron chi connectivity index (χ0n) is 15.1. The lowest BCUT2D eigenvalue weighted by Gasteiger charge is -2.17. The number of para-hydroxylation sites is 1. The highest BCUT2D eigenvalue weighted by molar-refractivity contribution is 7.17. The molecular formula is C20H19N3O3S. The summed E-state index contributed by atoms with van der Waals surface area (Å²) in [5, 5.41) is 2.49. The number of methoxy groups -OCH3 is 1. The molecule has 0 radical (unpaired) electrons. The number of hydrogen-bond donors (Lipinski definition) is 1. The van der Waals surface area contributed by atoms with Crippen molar-refractivity contribution in [1.29, 1.82) is 0 Å². The highest BCUT2D eigenvalue weighted by Crippen LogP contribution is 2.31. The Kier molecular flexibility index (Phi) is 4.79. The van der Waals surface area contributed by atoms with Gasteiger partial charge in [0.25, 0.3) is 5.56 Å². The summed E-state index contributed by atoms with van der Waals surface area (Å²) in [6, 6.07) is 11.6. The molecule has 0 saturated heterocycles. The fraction of sp³-hybridized carbons (Fsp3) is 0.200. The lowest BCUT2D eigenvalue weighted by molar-refractivity contribution is 0.303. The fourth-order valence-corrected chi connectivity index (χ4v) is 4.06. The third kappa shape index (κ3) is 3.51. The Bertz CT molecular complexity index is 1120. The van der Waals surface area contributed by atoms with E-state index < -0.39 is 0 Å². The maximum Gasteiger partial charge on any atom is 0.260 e. The van der Waals surface area contributed by atoms with Crippen LogP contribution in [0.5, 0.6) is 5.75 Å². The van der Waals surface area contributed by atoms with Gasteiger partial charge in [0.05, 0.1) is 25.3 Å². The van der Waals surface area contributed by atoms with Crippen molar-refractivity contribution in [2.45, 2.75) is 13.1 Å². The first-order valence-corrected chi connectivity index (χ1v) is 9.38. The molecule has 138 valence electrons. The smallest absolute Gasteiger partial charge is 0.260 e. The van der Waals surface area contributed by atoms with E-state index in [9.17, 15) is 4.79 Å². The molecule has 0 spiro atoms. The van der Waals surface area contributed by atoms with Crippen LogP contribution in [0.4, 0.5) is 0 Å². The van der Waals surface area contributed by atoms with Gasteiger partial charge in [-0.1, -0.05) is 18.2 Å². The lowest BCUT2D eigenvalue weighted by atomic mass is 10.2. The summed E-state index contributed by atoms with van der Waals surface area (Å²) in [4.78, 5) is 23.0. The second kappa shape index (κ2) is 7.38. The summed E-state index contributed by atoms with van der Waals surface area (Å²) < 4.78 is 10.8. The van der Waals surface area contributed by atoms with Crippen LogP contribution >= 0.6 is 11.3 Å². The first-order chi connectivity index (χ1) is 13.2. The second-order valence-electron chi connectivity index (χ2n) is 6.30. The molecule has 4 rings (SSSR count). The van der Waals surface area contributed by atoms with Gasteiger partial charge < -0.3 is 14.1 Å². The van der Waals surface area contributed by atoms with Crippen molar-refractivity contribution in [3.8, 4) is 17.1 Å². The molecule has 0 aliphatic carbocycles. The summed E-state index contributed by atoms with van der Waals surface area (Å²) in [5.74, 6) is 2.16. The molecule has 3 aromatic heterocycles. The molecule has 0 fully saturated rings. The molecule has 27 heavy (non-hydrogen) atoms. The minimum absolute atomic E-state index is 0.145. The number of benzene rings is 1. The Labute approximate surface area is 160 Å². The van der Waals surface area contributed by atoms with Crippen LogP contribution in [0.15, 0.2) is 57.3 Å². The molecule has 0 unspecified atom stereocenters. The number of nitrogens with zero attached hydrogens (tertiary/aromatic N) is 2. The van der Waals surface area contributed by atoms with Crippen molar-refractivity contribution in [2.24, 2.45) is 0 Å². The zero-order valence-corrected chi connectivity index (χ0v) is 15.9. The number of aromatic amines is 1. The van der Waals surface area contributed by atoms with Crippen molar-refractivity contribution in [3.05, 3.63) is 69.8 Å². The quantitative estimate of drug-likeness (QED) is 0.549. The van der Waals surface area contributed by atoms with E-state index in [4.69, 9.17) is 9.15 Å². The summed E-state index contributed by atoms with van der Waals surface area (Å²) in [6.45, 7) is 1.21. The van der Waals surface area contributed by atoms with Gasteiger partial charge in [-0.2, -0.15) is 0 Å². The Morgan fingerprint density at radius 1 is 1.22 bits per heavy atom. The Balaban J connectivity index is 1.59. The molecule has 6 nitrogen and oxygen atoms in total. The van der Waals surface area contributed by atoms with Crippen LogP contribution in [0.1, 0.15) is 11.4 Å². The van der Waals surface area contributed by atoms with Crippen LogP contribution < -0.4 is 10.3 Å². The molecule has 1 N–H and O–H groups in total. The van der Waals surface area contributed by atoms with Crippen LogP contribution in [-0.2, 0) is 13.1 Å². The van der Waals surface area contributed by atoms with E-state index in [1.165, 1.54) is 11.3 Å². The molecule has 0 aliphatic heterocycles. The average Bonchev–Trinajstić information content (AvgIpc) is 3.31. The van der Waals surface area contributed by atoms with E-state index in [-0.39, 0.29) is 5.56 Å². The normalized spacial score (nSPS) is 11.4. The third-order valence-corrected chi connectivity index (χ3v) is 5.20. The van der Waals surface area contributed by atoms with E-state index >= 15 is 0 Å². The molecule has 0 atom stereocenters. The topological polar surface area (TPSA) is 71.4 Å². The van der Waals surface area contributed by atoms with Gasteiger partial charge in [0, 0.05) is 23.1 Å². The average molecular weight is 381 g/mol. The molecule has 0 bridgehead atoms. The number of hydrogen-bond acceptors (Lipinski definition) is 6. The third-order valence-electron chi connectivity index (χ3n) is 4.33. The van der Waals surface area contributed by atoms with Crippen LogP contribution in [0.25, 0.3) is 21.5 Å². The molecule has 0 aliphatic rings. The van der Waals surface area contributed by atoms with Gasteiger partial charge in [-0.3, -0.25) is 9.69 Å². The van der Waals surface area contributed by atoms with E-state index in [1.54, 1.807) is 13.4 Å². The van der Waals surface area contributed by atoms with Crippen molar-refractivity contribution >= 4 is 21.6 Å². The van der Waals surface area contributed by atoms with E-state index in [2.05, 4.69) is 14.9 Å². The summed E-state index contributed by atoms with van der Waals surface area (Å²) in [5.41, 5.74) is 1.72. The number of thiophene rings is 1. The van der Waals surface area contributed by atoms with Crippen LogP contribution in [-0.4, -0.2) is 29.0 Å². The number of aromatic nitrogens is 2. The fourth-order valence-electron chi connectivity index (χ4n) is 3.12. The number of ether oxygens (including phenoxy) is 1. The Morgan fingerprint density at radius 2 is 2.07 bits per heavy atom. The molecule has 0 saturated carbocycles. The predicted octanol–water partition coefficient (Wildman–Crippen LogP) is 3.89. The van der Waals surface area contributed by atoms with Crippen LogP contribution in [0.2, 0.25) is 0 Å². The molecular weight excluding hydrogens is 362 g/mol. The number of rotatable bonds is 6. The summed E-state index contributed by atoms with van der Waals surface area (Å²) >= 11 is 1.45. The van der Waals surface area contributed by atoms with E-state index in [1.807, 2.05) is 48.8 Å². The van der Waals surface area contributed by atoms with Gasteiger partial charge in [0.1, 0.15) is 22.2 Å². The number of fused-ring (bicyclic) bond motifs is 1. The standard InChI is InChI=1S/C20H19N3O3S/c1-23(10-13-6-3-4-7-15(13)25-2)11-17-21-19(24)18-14(12-27-20(18)22-17)16-8-5-9-26-16/h3-9,12H,10-11H2,1-2H3,(H,21,22,24). The van der Waals surface area contributed by atoms with Crippen LogP contribution in [0.3, 0.4) is 0 Å². The van der Waals surface area contributed by atoms with Crippen molar-refractivity contribution in [2.75, 3.05) is 14.2 Å². The minimum atomic E-state index is -0.145. The van der Waals surface area contributed by atoms with Gasteiger partial charge >= 0.3 is 0 Å². The molecule has 3 heterocycles. The summed E-state index contributed by atoms with van der Waals surface area (Å²) in [6.07, 6.45) is 1.60. The summed E-state index contributed by atoms with van der Waals surface area (Å²) in [7, 11) is 3.65. The maximum absolute atomic E-state index is 12.6. The van der Waals surface area contributed by atoms with Crippen LogP contribution in [0, 0.1) is 0 Å². The molecule has 0 amide bonds. The first kappa shape index (κ1) is 17.5. The number of nitrogens with one attached hydrogen (secondary N) is 1. The van der Waals surface area contributed by atoms with E-state index in [0.29, 0.717) is 34.9 Å². The molecule has 4 aromatic rings. The van der Waals surface area contributed by atoms with Gasteiger partial charge in [-0.25, -0.2) is 4.98 Å². The van der Waals surface area contributed by atoms with Crippen molar-refractivity contribution in [3.63, 3.8) is 0 Å². The highest BCUT2D eigenvalue weighted by atomic mass is 32.1. The maximum atomic E-state index is 12.6. The molecule has 1 aromatic carbocycles. The van der Waals surface area contributed by atoms with Gasteiger partial charge in [0.15, 0.2) is 0 Å². The zero-order chi connectivity index (χ0) is 18.8. The number of H-pyrrole nitrogens is 1. The number of furan rings is 1. The molecule has 7 heteroatoms. The Morgan fingerprint density at radius 3 is 2.85 bits per heavy atom. The van der Waals surface area contributed by atoms with Gasteiger partial charge in [0.2, 0.25) is 0 Å². The van der Waals surface area contributed by atoms with Gasteiger partial charge in [-0.05, 0) is 25.2 Å².